The summed E-state index contributed by atoms with van der Waals surface area (Å²) in [5.41, 5.74) is 7.02. The molecule has 0 radical (unpaired) electrons. The van der Waals surface area contributed by atoms with Crippen LogP contribution < -0.4 is 10.6 Å². The summed E-state index contributed by atoms with van der Waals surface area (Å²) in [5.74, 6) is 0.0693. The molecule has 19 heavy (non-hydrogen) atoms. The molecule has 0 aliphatic carbocycles. The van der Waals surface area contributed by atoms with E-state index in [2.05, 4.69) is 9.88 Å². The Bertz CT molecular complexity index is 466. The largest absolute Gasteiger partial charge is 0.478 e. The monoisotopic (exact) mass is 263 g/mol. The van der Waals surface area contributed by atoms with Crippen LogP contribution in [0.5, 0.6) is 0 Å². The molecule has 1 aliphatic rings. The third kappa shape index (κ3) is 3.23. The van der Waals surface area contributed by atoms with E-state index in [1.807, 2.05) is 13.8 Å². The van der Waals surface area contributed by atoms with E-state index < -0.39 is 5.97 Å². The van der Waals surface area contributed by atoms with Crippen LogP contribution in [0.25, 0.3) is 0 Å². The number of carboxylic acids is 1. The highest BCUT2D eigenvalue weighted by atomic mass is 16.4. The highest BCUT2D eigenvalue weighted by Crippen LogP contribution is 2.22. The Morgan fingerprint density at radius 1 is 1.42 bits per heavy atom. The van der Waals surface area contributed by atoms with Crippen LogP contribution >= 0.6 is 0 Å². The highest BCUT2D eigenvalue weighted by Gasteiger charge is 2.19. The van der Waals surface area contributed by atoms with Crippen molar-refractivity contribution in [1.82, 2.24) is 4.98 Å². The summed E-state index contributed by atoms with van der Waals surface area (Å²) < 4.78 is 0. The van der Waals surface area contributed by atoms with Crippen LogP contribution in [0.2, 0.25) is 0 Å². The zero-order valence-corrected chi connectivity index (χ0v) is 11.5. The fraction of sp³-hybridized carbons (Fsp3) is 0.571. The maximum absolute atomic E-state index is 11.2. The number of hydrogen-bond donors (Lipinski definition) is 2. The molecule has 0 aromatic carbocycles. The maximum atomic E-state index is 11.2. The number of pyridine rings is 1. The third-order valence-electron chi connectivity index (χ3n) is 3.53. The van der Waals surface area contributed by atoms with Crippen LogP contribution in [0, 0.1) is 0 Å². The average molecular weight is 263 g/mol. The normalized spacial score (nSPS) is 16.9. The predicted molar refractivity (Wildman–Crippen MR) is 74.7 cm³/mol. The summed E-state index contributed by atoms with van der Waals surface area (Å²) in [4.78, 5) is 17.9. The Labute approximate surface area is 113 Å². The summed E-state index contributed by atoms with van der Waals surface area (Å²) >= 11 is 0. The molecule has 0 saturated carbocycles. The lowest BCUT2D eigenvalue weighted by Crippen LogP contribution is -2.40. The minimum atomic E-state index is -0.903. The van der Waals surface area contributed by atoms with Crippen molar-refractivity contribution in [2.45, 2.75) is 38.6 Å². The number of aromatic carboxylic acids is 1. The van der Waals surface area contributed by atoms with E-state index >= 15 is 0 Å². The Morgan fingerprint density at radius 2 is 2.05 bits per heavy atom. The molecular weight excluding hydrogens is 242 g/mol. The number of rotatable bonds is 3. The first-order chi connectivity index (χ1) is 8.97. The summed E-state index contributed by atoms with van der Waals surface area (Å²) in [6, 6.07) is 3.57. The molecule has 2 heterocycles. The number of carbonyl (C=O) groups is 1. The van der Waals surface area contributed by atoms with E-state index in [9.17, 15) is 9.90 Å². The standard InChI is InChI=1S/C14H21N3O2/c1-9(2)12-7-10(14(18)19)8-13(16-12)17-5-3-11(15)4-6-17/h7-9,11H,3-6,15H2,1-2H3,(H,18,19). The number of anilines is 1. The topological polar surface area (TPSA) is 79.5 Å². The molecular formula is C14H21N3O2. The van der Waals surface area contributed by atoms with Gasteiger partial charge in [-0.15, -0.1) is 0 Å². The summed E-state index contributed by atoms with van der Waals surface area (Å²) in [7, 11) is 0. The molecule has 1 aromatic rings. The van der Waals surface area contributed by atoms with Crippen LogP contribution in [0.15, 0.2) is 12.1 Å². The van der Waals surface area contributed by atoms with Gasteiger partial charge in [-0.05, 0) is 30.9 Å². The predicted octanol–water partition coefficient (Wildman–Crippen LogP) is 1.83. The Hall–Kier alpha value is -1.62. The summed E-state index contributed by atoms with van der Waals surface area (Å²) in [6.07, 6.45) is 1.85. The van der Waals surface area contributed by atoms with Crippen molar-refractivity contribution < 1.29 is 9.90 Å². The second-order valence-corrected chi connectivity index (χ2v) is 5.42. The molecule has 1 fully saturated rings. The molecule has 3 N–H and O–H groups in total. The average Bonchev–Trinajstić information content (AvgIpc) is 2.39. The molecule has 5 nitrogen and oxygen atoms in total. The smallest absolute Gasteiger partial charge is 0.335 e. The molecule has 0 amide bonds. The van der Waals surface area contributed by atoms with Crippen LogP contribution in [0.1, 0.15) is 48.7 Å². The van der Waals surface area contributed by atoms with E-state index in [-0.39, 0.29) is 12.0 Å². The van der Waals surface area contributed by atoms with Crippen molar-refractivity contribution >= 4 is 11.8 Å². The van der Waals surface area contributed by atoms with Gasteiger partial charge >= 0.3 is 5.97 Å². The first kappa shape index (κ1) is 13.8. The third-order valence-corrected chi connectivity index (χ3v) is 3.53. The van der Waals surface area contributed by atoms with Crippen molar-refractivity contribution in [1.29, 1.82) is 0 Å². The Balaban J connectivity index is 2.31. The van der Waals surface area contributed by atoms with Crippen molar-refractivity contribution in [3.63, 3.8) is 0 Å². The zero-order chi connectivity index (χ0) is 14.0. The minimum absolute atomic E-state index is 0.213. The fourth-order valence-corrected chi connectivity index (χ4v) is 2.25. The highest BCUT2D eigenvalue weighted by molar-refractivity contribution is 5.88. The lowest BCUT2D eigenvalue weighted by Gasteiger charge is -2.31. The second kappa shape index (κ2) is 5.57. The van der Waals surface area contributed by atoms with Gasteiger partial charge in [0.05, 0.1) is 5.56 Å². The number of carboxylic acid groups (broad SMARTS) is 1. The van der Waals surface area contributed by atoms with Crippen LogP contribution in [-0.4, -0.2) is 35.2 Å². The molecule has 1 aromatic heterocycles. The fourth-order valence-electron chi connectivity index (χ4n) is 2.25. The SMILES string of the molecule is CC(C)c1cc(C(=O)O)cc(N2CCC(N)CC2)n1. The van der Waals surface area contributed by atoms with Crippen LogP contribution in [0.3, 0.4) is 0 Å². The van der Waals surface area contributed by atoms with Crippen molar-refractivity contribution in [3.05, 3.63) is 23.4 Å². The van der Waals surface area contributed by atoms with Crippen molar-refractivity contribution in [3.8, 4) is 0 Å². The van der Waals surface area contributed by atoms with E-state index in [0.717, 1.165) is 37.4 Å². The lowest BCUT2D eigenvalue weighted by atomic mass is 10.0. The summed E-state index contributed by atoms with van der Waals surface area (Å²) in [5, 5.41) is 9.19. The van der Waals surface area contributed by atoms with Gasteiger partial charge in [0.2, 0.25) is 0 Å². The van der Waals surface area contributed by atoms with Crippen LogP contribution in [-0.2, 0) is 0 Å². The number of aromatic nitrogens is 1. The van der Waals surface area contributed by atoms with Gasteiger partial charge < -0.3 is 15.7 Å². The molecule has 0 unspecified atom stereocenters. The van der Waals surface area contributed by atoms with E-state index in [0.29, 0.717) is 5.56 Å². The molecule has 104 valence electrons. The van der Waals surface area contributed by atoms with E-state index in [1.165, 1.54) is 0 Å². The number of nitrogens with zero attached hydrogens (tertiary/aromatic N) is 2. The second-order valence-electron chi connectivity index (χ2n) is 5.42. The number of nitrogens with two attached hydrogens (primary N) is 1. The zero-order valence-electron chi connectivity index (χ0n) is 11.5. The lowest BCUT2D eigenvalue weighted by molar-refractivity contribution is 0.0696. The molecule has 2 rings (SSSR count). The maximum Gasteiger partial charge on any atom is 0.335 e. The Morgan fingerprint density at radius 3 is 2.58 bits per heavy atom. The number of piperidine rings is 1. The first-order valence-electron chi connectivity index (χ1n) is 6.73. The molecule has 1 aliphatic heterocycles. The molecule has 0 bridgehead atoms. The molecule has 5 heteroatoms. The molecule has 1 saturated heterocycles. The van der Waals surface area contributed by atoms with Crippen molar-refractivity contribution in [2.24, 2.45) is 5.73 Å². The van der Waals surface area contributed by atoms with Crippen molar-refractivity contribution in [2.75, 3.05) is 18.0 Å². The minimum Gasteiger partial charge on any atom is -0.478 e. The Kier molecular flexibility index (Phi) is 4.04. The van der Waals surface area contributed by atoms with Gasteiger partial charge in [-0.3, -0.25) is 0 Å². The van der Waals surface area contributed by atoms with Gasteiger partial charge in [0.1, 0.15) is 5.82 Å². The van der Waals surface area contributed by atoms with Gasteiger partial charge in [-0.25, -0.2) is 9.78 Å². The molecule has 0 spiro atoms. The van der Waals surface area contributed by atoms with Gasteiger partial charge in [0.25, 0.3) is 0 Å². The van der Waals surface area contributed by atoms with E-state index in [4.69, 9.17) is 5.73 Å². The van der Waals surface area contributed by atoms with Gasteiger partial charge in [-0.1, -0.05) is 13.8 Å². The summed E-state index contributed by atoms with van der Waals surface area (Å²) in [6.45, 7) is 5.72. The van der Waals surface area contributed by atoms with Gasteiger partial charge in [-0.2, -0.15) is 0 Å². The van der Waals surface area contributed by atoms with Gasteiger partial charge in [0, 0.05) is 24.8 Å². The van der Waals surface area contributed by atoms with E-state index in [1.54, 1.807) is 12.1 Å². The van der Waals surface area contributed by atoms with Gasteiger partial charge in [0.15, 0.2) is 0 Å². The molecule has 0 atom stereocenters. The van der Waals surface area contributed by atoms with Crippen LogP contribution in [0.4, 0.5) is 5.82 Å². The first-order valence-corrected chi connectivity index (χ1v) is 6.73. The quantitative estimate of drug-likeness (QED) is 0.869. The number of hydrogen-bond acceptors (Lipinski definition) is 4.